The number of thiocarbonyl (C=S) groups is 1. The van der Waals surface area contributed by atoms with E-state index in [9.17, 15) is 0 Å². The van der Waals surface area contributed by atoms with Crippen LogP contribution in [0.3, 0.4) is 0 Å². The van der Waals surface area contributed by atoms with Gasteiger partial charge in [0, 0.05) is 0 Å². The predicted octanol–water partition coefficient (Wildman–Crippen LogP) is 4.45. The van der Waals surface area contributed by atoms with Gasteiger partial charge in [0.05, 0.1) is 29.4 Å². The number of para-hydroxylation sites is 2. The van der Waals surface area contributed by atoms with Gasteiger partial charge in [-0.2, -0.15) is 0 Å². The Labute approximate surface area is 166 Å². The van der Waals surface area contributed by atoms with Crippen LogP contribution >= 0.6 is 35.4 Å². The van der Waals surface area contributed by atoms with Crippen LogP contribution < -0.4 is 15.4 Å². The molecule has 0 unspecified atom stereocenters. The molecular formula is C17H15Cl2N5OS. The number of rotatable bonds is 5. The second-order valence-electron chi connectivity index (χ2n) is 5.29. The topological polar surface area (TPSA) is 64.0 Å². The average Bonchev–Trinajstić information content (AvgIpc) is 3.05. The summed E-state index contributed by atoms with van der Waals surface area (Å²) in [6.07, 6.45) is 1.61. The minimum atomic E-state index is 0.363. The van der Waals surface area contributed by atoms with E-state index in [1.165, 1.54) is 0 Å². The Morgan fingerprint density at radius 3 is 2.73 bits per heavy atom. The first-order valence-electron chi connectivity index (χ1n) is 7.59. The summed E-state index contributed by atoms with van der Waals surface area (Å²) in [5.41, 5.74) is 1.72. The van der Waals surface area contributed by atoms with Crippen LogP contribution in [0.2, 0.25) is 10.0 Å². The van der Waals surface area contributed by atoms with E-state index < -0.39 is 0 Å². The molecule has 0 amide bonds. The smallest absolute Gasteiger partial charge is 0.248 e. The molecule has 0 atom stereocenters. The lowest BCUT2D eigenvalue weighted by atomic mass is 10.2. The van der Waals surface area contributed by atoms with Gasteiger partial charge in [-0.25, -0.2) is 9.67 Å². The number of methoxy groups -OCH3 is 1. The van der Waals surface area contributed by atoms with Crippen LogP contribution in [-0.4, -0.2) is 27.0 Å². The summed E-state index contributed by atoms with van der Waals surface area (Å²) in [5.74, 6) is 1.08. The number of halogens is 2. The Bertz CT molecular complexity index is 931. The molecule has 3 aromatic rings. The zero-order chi connectivity index (χ0) is 18.5. The van der Waals surface area contributed by atoms with Gasteiger partial charge >= 0.3 is 0 Å². The summed E-state index contributed by atoms with van der Waals surface area (Å²) < 4.78 is 6.95. The summed E-state index contributed by atoms with van der Waals surface area (Å²) in [7, 11) is 1.60. The van der Waals surface area contributed by atoms with Crippen LogP contribution in [0.5, 0.6) is 5.75 Å². The highest BCUT2D eigenvalue weighted by Gasteiger charge is 2.08. The number of benzene rings is 2. The third-order valence-corrected chi connectivity index (χ3v) is 4.39. The normalized spacial score (nSPS) is 10.4. The molecule has 2 aromatic carbocycles. The van der Waals surface area contributed by atoms with Crippen molar-refractivity contribution in [2.75, 3.05) is 17.7 Å². The molecule has 6 nitrogen and oxygen atoms in total. The van der Waals surface area contributed by atoms with E-state index in [-0.39, 0.29) is 0 Å². The van der Waals surface area contributed by atoms with Crippen molar-refractivity contribution in [2.24, 2.45) is 0 Å². The lowest BCUT2D eigenvalue weighted by molar-refractivity contribution is 0.417. The SMILES string of the molecule is COc1ccccc1NC(=S)Nc1ncn(Cc2ccc(Cl)c(Cl)c2)n1. The first kappa shape index (κ1) is 18.4. The third kappa shape index (κ3) is 4.63. The number of hydrogen-bond donors (Lipinski definition) is 2. The van der Waals surface area contributed by atoms with Gasteiger partial charge in [0.1, 0.15) is 12.1 Å². The van der Waals surface area contributed by atoms with Crippen LogP contribution in [0.15, 0.2) is 48.8 Å². The highest BCUT2D eigenvalue weighted by atomic mass is 35.5. The van der Waals surface area contributed by atoms with Crippen molar-refractivity contribution in [2.45, 2.75) is 6.54 Å². The fraction of sp³-hybridized carbons (Fsp3) is 0.118. The van der Waals surface area contributed by atoms with Crippen LogP contribution in [0.25, 0.3) is 0 Å². The van der Waals surface area contributed by atoms with Crippen molar-refractivity contribution in [3.8, 4) is 5.75 Å². The molecule has 0 aliphatic carbocycles. The zero-order valence-electron chi connectivity index (χ0n) is 13.7. The Kier molecular flexibility index (Phi) is 5.92. The van der Waals surface area contributed by atoms with Crippen molar-refractivity contribution >= 4 is 52.2 Å². The first-order valence-corrected chi connectivity index (χ1v) is 8.76. The first-order chi connectivity index (χ1) is 12.5. The molecule has 0 radical (unpaired) electrons. The maximum atomic E-state index is 6.03. The molecular weight excluding hydrogens is 393 g/mol. The Balaban J connectivity index is 1.62. The van der Waals surface area contributed by atoms with E-state index in [1.807, 2.05) is 30.3 Å². The van der Waals surface area contributed by atoms with E-state index >= 15 is 0 Å². The molecule has 2 N–H and O–H groups in total. The molecule has 0 aliphatic rings. The minimum absolute atomic E-state index is 0.363. The zero-order valence-corrected chi connectivity index (χ0v) is 16.1. The summed E-state index contributed by atoms with van der Waals surface area (Å²) in [4.78, 5) is 4.20. The molecule has 26 heavy (non-hydrogen) atoms. The Morgan fingerprint density at radius 1 is 1.15 bits per heavy atom. The molecule has 134 valence electrons. The van der Waals surface area contributed by atoms with Crippen molar-refractivity contribution in [3.63, 3.8) is 0 Å². The van der Waals surface area contributed by atoms with E-state index in [0.717, 1.165) is 11.3 Å². The minimum Gasteiger partial charge on any atom is -0.495 e. The van der Waals surface area contributed by atoms with Gasteiger partial charge in [0.2, 0.25) is 5.95 Å². The van der Waals surface area contributed by atoms with Gasteiger partial charge in [0.25, 0.3) is 0 Å². The number of nitrogens with zero attached hydrogens (tertiary/aromatic N) is 3. The highest BCUT2D eigenvalue weighted by molar-refractivity contribution is 7.80. The molecule has 9 heteroatoms. The summed E-state index contributed by atoms with van der Waals surface area (Å²) in [6.45, 7) is 0.512. The molecule has 0 aliphatic heterocycles. The Hall–Kier alpha value is -2.35. The largest absolute Gasteiger partial charge is 0.495 e. The summed E-state index contributed by atoms with van der Waals surface area (Å²) >= 11 is 17.3. The maximum Gasteiger partial charge on any atom is 0.248 e. The lowest BCUT2D eigenvalue weighted by Crippen LogP contribution is -2.20. The van der Waals surface area contributed by atoms with Crippen molar-refractivity contribution in [1.29, 1.82) is 0 Å². The molecule has 0 fully saturated rings. The summed E-state index contributed by atoms with van der Waals surface area (Å²) in [5, 5.41) is 11.7. The van der Waals surface area contributed by atoms with Crippen LogP contribution in [0, 0.1) is 0 Å². The number of hydrogen-bond acceptors (Lipinski definition) is 4. The highest BCUT2D eigenvalue weighted by Crippen LogP contribution is 2.24. The predicted molar refractivity (Wildman–Crippen MR) is 108 cm³/mol. The molecule has 0 spiro atoms. The molecule has 0 bridgehead atoms. The van der Waals surface area contributed by atoms with Gasteiger partial charge in [-0.1, -0.05) is 41.4 Å². The monoisotopic (exact) mass is 407 g/mol. The van der Waals surface area contributed by atoms with Gasteiger partial charge in [-0.15, -0.1) is 5.10 Å². The number of aromatic nitrogens is 3. The standard InChI is InChI=1S/C17H15Cl2N5OS/c1-25-15-5-3-2-4-14(15)21-17(26)22-16-20-10-24(23-16)9-11-6-7-12(18)13(19)8-11/h2-8,10H,9H2,1H3,(H2,21,22,23,26). The van der Waals surface area contributed by atoms with E-state index in [1.54, 1.807) is 30.3 Å². The number of nitrogens with one attached hydrogen (secondary N) is 2. The maximum absolute atomic E-state index is 6.03. The molecule has 1 aromatic heterocycles. The van der Waals surface area contributed by atoms with Gasteiger partial charge in [-0.05, 0) is 42.0 Å². The third-order valence-electron chi connectivity index (χ3n) is 3.45. The lowest BCUT2D eigenvalue weighted by Gasteiger charge is -2.11. The number of anilines is 2. The van der Waals surface area contributed by atoms with Gasteiger partial charge in [0.15, 0.2) is 5.11 Å². The van der Waals surface area contributed by atoms with E-state index in [4.69, 9.17) is 40.2 Å². The summed E-state index contributed by atoms with van der Waals surface area (Å²) in [6, 6.07) is 12.9. The van der Waals surface area contributed by atoms with Crippen molar-refractivity contribution in [1.82, 2.24) is 14.8 Å². The Morgan fingerprint density at radius 2 is 1.96 bits per heavy atom. The quantitative estimate of drug-likeness (QED) is 0.609. The van der Waals surface area contributed by atoms with Crippen molar-refractivity contribution in [3.05, 3.63) is 64.4 Å². The van der Waals surface area contributed by atoms with Gasteiger partial charge < -0.3 is 10.1 Å². The fourth-order valence-corrected chi connectivity index (χ4v) is 2.78. The molecule has 1 heterocycles. The molecule has 0 saturated heterocycles. The average molecular weight is 408 g/mol. The second kappa shape index (κ2) is 8.35. The van der Waals surface area contributed by atoms with Crippen molar-refractivity contribution < 1.29 is 4.74 Å². The van der Waals surface area contributed by atoms with Crippen LogP contribution in [0.4, 0.5) is 11.6 Å². The van der Waals surface area contributed by atoms with Gasteiger partial charge in [-0.3, -0.25) is 5.32 Å². The fourth-order valence-electron chi connectivity index (χ4n) is 2.26. The van der Waals surface area contributed by atoms with E-state index in [2.05, 4.69) is 20.7 Å². The van der Waals surface area contributed by atoms with E-state index in [0.29, 0.717) is 33.4 Å². The molecule has 0 saturated carbocycles. The van der Waals surface area contributed by atoms with Crippen LogP contribution in [-0.2, 0) is 6.54 Å². The molecule has 3 rings (SSSR count). The number of ether oxygens (including phenoxy) is 1. The van der Waals surface area contributed by atoms with Crippen LogP contribution in [0.1, 0.15) is 5.56 Å². The second-order valence-corrected chi connectivity index (χ2v) is 6.52.